The monoisotopic (exact) mass is 411 g/mol. The maximum absolute atomic E-state index is 13.1. The van der Waals surface area contributed by atoms with Gasteiger partial charge in [-0.3, -0.25) is 9.79 Å². The Morgan fingerprint density at radius 2 is 1.73 bits per heavy atom. The van der Waals surface area contributed by atoms with Crippen molar-refractivity contribution in [1.82, 2.24) is 15.1 Å². The highest BCUT2D eigenvalue weighted by Gasteiger charge is 2.21. The van der Waals surface area contributed by atoms with E-state index in [1.165, 1.54) is 17.7 Å². The van der Waals surface area contributed by atoms with Crippen LogP contribution in [0.25, 0.3) is 0 Å². The summed E-state index contributed by atoms with van der Waals surface area (Å²) in [6, 6.07) is 16.7. The molecule has 2 aromatic rings. The van der Waals surface area contributed by atoms with Crippen LogP contribution in [-0.2, 0) is 11.3 Å². The first-order valence-electron chi connectivity index (χ1n) is 10.3. The fourth-order valence-electron chi connectivity index (χ4n) is 3.62. The minimum Gasteiger partial charge on any atom is -0.368 e. The highest BCUT2D eigenvalue weighted by Crippen LogP contribution is 2.17. The van der Waals surface area contributed by atoms with E-state index in [9.17, 15) is 9.18 Å². The summed E-state index contributed by atoms with van der Waals surface area (Å²) in [4.78, 5) is 23.0. The molecule has 0 aliphatic carbocycles. The lowest BCUT2D eigenvalue weighted by molar-refractivity contribution is -0.131. The van der Waals surface area contributed by atoms with Gasteiger partial charge in [0, 0.05) is 65.5 Å². The van der Waals surface area contributed by atoms with E-state index in [1.54, 1.807) is 19.2 Å². The Hall–Kier alpha value is -3.09. The van der Waals surface area contributed by atoms with E-state index in [-0.39, 0.29) is 11.7 Å². The summed E-state index contributed by atoms with van der Waals surface area (Å²) in [7, 11) is 3.74. The van der Waals surface area contributed by atoms with Crippen LogP contribution >= 0.6 is 0 Å². The highest BCUT2D eigenvalue weighted by molar-refractivity contribution is 5.81. The standard InChI is InChI=1S/C23H30FN5O/c1-25-23(27(2)18-19-6-4-3-5-7-19)26-13-12-22(30)29-16-14-28(15-17-29)21-10-8-20(24)9-11-21/h3-11H,12-18H2,1-2H3,(H,25,26). The molecule has 0 unspecified atom stereocenters. The van der Waals surface area contributed by atoms with Crippen LogP contribution in [-0.4, -0.2) is 68.5 Å². The maximum atomic E-state index is 13.1. The Balaban J connectivity index is 1.40. The van der Waals surface area contributed by atoms with E-state index in [0.29, 0.717) is 26.1 Å². The van der Waals surface area contributed by atoms with Crippen molar-refractivity contribution in [2.75, 3.05) is 51.7 Å². The molecule has 1 fully saturated rings. The van der Waals surface area contributed by atoms with Crippen molar-refractivity contribution in [1.29, 1.82) is 0 Å². The number of nitrogens with one attached hydrogen (secondary N) is 1. The van der Waals surface area contributed by atoms with Gasteiger partial charge in [0.1, 0.15) is 5.82 Å². The molecule has 0 bridgehead atoms. The molecule has 3 rings (SSSR count). The number of carbonyl (C=O) groups excluding carboxylic acids is 1. The van der Waals surface area contributed by atoms with Gasteiger partial charge in [-0.15, -0.1) is 0 Å². The number of halogens is 1. The number of anilines is 1. The van der Waals surface area contributed by atoms with Crippen molar-refractivity contribution in [3.05, 3.63) is 66.0 Å². The van der Waals surface area contributed by atoms with Crippen molar-refractivity contribution >= 4 is 17.6 Å². The van der Waals surface area contributed by atoms with Crippen LogP contribution in [0.2, 0.25) is 0 Å². The Bertz CT molecular complexity index is 832. The Kier molecular flexibility index (Phi) is 7.65. The van der Waals surface area contributed by atoms with E-state index in [0.717, 1.165) is 31.3 Å². The molecule has 0 radical (unpaired) electrons. The Morgan fingerprint density at radius 1 is 1.07 bits per heavy atom. The smallest absolute Gasteiger partial charge is 0.224 e. The van der Waals surface area contributed by atoms with Gasteiger partial charge >= 0.3 is 0 Å². The molecule has 160 valence electrons. The molecule has 1 aliphatic rings. The maximum Gasteiger partial charge on any atom is 0.224 e. The van der Waals surface area contributed by atoms with Crippen LogP contribution in [0, 0.1) is 5.82 Å². The molecule has 0 atom stereocenters. The SMILES string of the molecule is CN=C(NCCC(=O)N1CCN(c2ccc(F)cc2)CC1)N(C)Cc1ccccc1. The van der Waals surface area contributed by atoms with Gasteiger partial charge in [-0.25, -0.2) is 4.39 Å². The number of hydrogen-bond acceptors (Lipinski definition) is 3. The molecule has 30 heavy (non-hydrogen) atoms. The topological polar surface area (TPSA) is 51.2 Å². The first-order valence-corrected chi connectivity index (χ1v) is 10.3. The number of nitrogens with zero attached hydrogens (tertiary/aromatic N) is 4. The molecule has 1 aliphatic heterocycles. The molecule has 2 aromatic carbocycles. The third kappa shape index (κ3) is 5.95. The van der Waals surface area contributed by atoms with Crippen LogP contribution in [0.4, 0.5) is 10.1 Å². The second kappa shape index (κ2) is 10.6. The first kappa shape index (κ1) is 21.6. The zero-order chi connectivity index (χ0) is 21.3. The lowest BCUT2D eigenvalue weighted by Crippen LogP contribution is -2.49. The molecular formula is C23H30FN5O. The fourth-order valence-corrected chi connectivity index (χ4v) is 3.62. The van der Waals surface area contributed by atoms with Crippen molar-refractivity contribution in [3.8, 4) is 0 Å². The van der Waals surface area contributed by atoms with Gasteiger partial charge in [-0.05, 0) is 29.8 Å². The summed E-state index contributed by atoms with van der Waals surface area (Å²) < 4.78 is 13.1. The van der Waals surface area contributed by atoms with Crippen molar-refractivity contribution in [2.24, 2.45) is 4.99 Å². The van der Waals surface area contributed by atoms with Crippen LogP contribution in [0.5, 0.6) is 0 Å². The van der Waals surface area contributed by atoms with Crippen LogP contribution in [0.1, 0.15) is 12.0 Å². The minimum absolute atomic E-state index is 0.141. The van der Waals surface area contributed by atoms with Gasteiger partial charge in [0.25, 0.3) is 0 Å². The summed E-state index contributed by atoms with van der Waals surface area (Å²) in [6.07, 6.45) is 0.425. The lowest BCUT2D eigenvalue weighted by Gasteiger charge is -2.36. The summed E-state index contributed by atoms with van der Waals surface area (Å²) in [5.41, 5.74) is 2.20. The van der Waals surface area contributed by atoms with Gasteiger partial charge < -0.3 is 20.0 Å². The number of rotatable bonds is 6. The molecule has 0 aromatic heterocycles. The third-order valence-electron chi connectivity index (χ3n) is 5.28. The molecule has 0 spiro atoms. The molecular weight excluding hydrogens is 381 g/mol. The van der Waals surface area contributed by atoms with Crippen LogP contribution in [0.3, 0.4) is 0 Å². The summed E-state index contributed by atoms with van der Waals surface area (Å²) in [5.74, 6) is 0.680. The molecule has 7 heteroatoms. The summed E-state index contributed by atoms with van der Waals surface area (Å²) >= 11 is 0. The van der Waals surface area contributed by atoms with Gasteiger partial charge in [-0.1, -0.05) is 30.3 Å². The summed E-state index contributed by atoms with van der Waals surface area (Å²) in [6.45, 7) is 4.17. The van der Waals surface area contributed by atoms with E-state index < -0.39 is 0 Å². The average Bonchev–Trinajstić information content (AvgIpc) is 2.78. The van der Waals surface area contributed by atoms with Crippen molar-refractivity contribution < 1.29 is 9.18 Å². The largest absolute Gasteiger partial charge is 0.368 e. The number of hydrogen-bond donors (Lipinski definition) is 1. The third-order valence-corrected chi connectivity index (χ3v) is 5.28. The zero-order valence-corrected chi connectivity index (χ0v) is 17.7. The predicted octanol–water partition coefficient (Wildman–Crippen LogP) is 2.57. The zero-order valence-electron chi connectivity index (χ0n) is 17.7. The molecule has 6 nitrogen and oxygen atoms in total. The average molecular weight is 412 g/mol. The van der Waals surface area contributed by atoms with Gasteiger partial charge in [0.05, 0.1) is 0 Å². The molecule has 1 heterocycles. The van der Waals surface area contributed by atoms with Crippen LogP contribution < -0.4 is 10.2 Å². The Morgan fingerprint density at radius 3 is 2.37 bits per heavy atom. The lowest BCUT2D eigenvalue weighted by atomic mass is 10.2. The predicted molar refractivity (Wildman–Crippen MR) is 119 cm³/mol. The van der Waals surface area contributed by atoms with Crippen LogP contribution in [0.15, 0.2) is 59.6 Å². The number of carbonyl (C=O) groups is 1. The minimum atomic E-state index is -0.232. The van der Waals surface area contributed by atoms with Crippen molar-refractivity contribution in [3.63, 3.8) is 0 Å². The summed E-state index contributed by atoms with van der Waals surface area (Å²) in [5, 5.41) is 3.28. The Labute approximate surface area is 178 Å². The second-order valence-corrected chi connectivity index (χ2v) is 7.41. The number of aliphatic imine (C=N–C) groups is 1. The quantitative estimate of drug-likeness (QED) is 0.586. The van der Waals surface area contributed by atoms with E-state index >= 15 is 0 Å². The van der Waals surface area contributed by atoms with Gasteiger partial charge in [0.15, 0.2) is 5.96 Å². The number of piperazine rings is 1. The molecule has 1 N–H and O–H groups in total. The van der Waals surface area contributed by atoms with Gasteiger partial charge in [0.2, 0.25) is 5.91 Å². The highest BCUT2D eigenvalue weighted by atomic mass is 19.1. The first-order chi connectivity index (χ1) is 14.6. The number of guanidine groups is 1. The van der Waals surface area contributed by atoms with E-state index in [1.807, 2.05) is 35.0 Å². The normalized spacial score (nSPS) is 14.6. The van der Waals surface area contributed by atoms with E-state index in [4.69, 9.17) is 0 Å². The van der Waals surface area contributed by atoms with E-state index in [2.05, 4.69) is 27.3 Å². The fraction of sp³-hybridized carbons (Fsp3) is 0.391. The molecule has 1 saturated heterocycles. The van der Waals surface area contributed by atoms with Gasteiger partial charge in [-0.2, -0.15) is 0 Å². The second-order valence-electron chi connectivity index (χ2n) is 7.41. The number of amides is 1. The van der Waals surface area contributed by atoms with Crippen molar-refractivity contribution in [2.45, 2.75) is 13.0 Å². The molecule has 0 saturated carbocycles. The number of benzene rings is 2. The molecule has 1 amide bonds.